The lowest BCUT2D eigenvalue weighted by Crippen LogP contribution is -2.58. The average molecular weight is 893 g/mol. The first-order valence-corrected chi connectivity index (χ1v) is 21.7. The SMILES string of the molecule is CC1OCCN(S(=O)(=O)c2ccc(OCc3ccccc3)cc2)C1C(=O)NO.COC(=O)C(NS(=O)(=O)c1ccc(OCc2ccccc2)cc1)C(C)OCCBr. The Hall–Kier alpha value is -4.40. The second-order valence-corrected chi connectivity index (χ2v) is 16.9. The van der Waals surface area contributed by atoms with Crippen LogP contribution in [0.1, 0.15) is 25.0 Å². The highest BCUT2D eigenvalue weighted by Crippen LogP contribution is 2.26. The van der Waals surface area contributed by atoms with Crippen LogP contribution in [0.25, 0.3) is 0 Å². The maximum atomic E-state index is 13.0. The van der Waals surface area contributed by atoms with Crippen molar-refractivity contribution in [3.05, 3.63) is 120 Å². The van der Waals surface area contributed by atoms with Gasteiger partial charge in [-0.15, -0.1) is 0 Å². The van der Waals surface area contributed by atoms with E-state index in [2.05, 4.69) is 20.7 Å². The number of sulfonamides is 2. The van der Waals surface area contributed by atoms with Gasteiger partial charge in [0.2, 0.25) is 20.0 Å². The van der Waals surface area contributed by atoms with Crippen LogP contribution < -0.4 is 19.7 Å². The van der Waals surface area contributed by atoms with Crippen molar-refractivity contribution < 1.29 is 55.3 Å². The van der Waals surface area contributed by atoms with Crippen molar-refractivity contribution in [2.75, 3.05) is 32.2 Å². The van der Waals surface area contributed by atoms with Crippen molar-refractivity contribution in [3.63, 3.8) is 0 Å². The molecule has 1 fully saturated rings. The van der Waals surface area contributed by atoms with E-state index in [4.69, 9.17) is 28.9 Å². The fraction of sp³-hybridized carbons (Fsp3) is 0.333. The molecule has 4 aromatic carbocycles. The van der Waals surface area contributed by atoms with Crippen LogP contribution in [0.2, 0.25) is 0 Å². The number of morpholine rings is 1. The van der Waals surface area contributed by atoms with Crippen molar-refractivity contribution in [2.45, 2.75) is 61.1 Å². The lowest BCUT2D eigenvalue weighted by atomic mass is 10.1. The van der Waals surface area contributed by atoms with Crippen molar-refractivity contribution in [1.82, 2.24) is 14.5 Å². The quantitative estimate of drug-likeness (QED) is 0.0585. The van der Waals surface area contributed by atoms with Crippen molar-refractivity contribution in [3.8, 4) is 11.5 Å². The summed E-state index contributed by atoms with van der Waals surface area (Å²) in [5.74, 6) is -0.494. The summed E-state index contributed by atoms with van der Waals surface area (Å²) in [5.41, 5.74) is 3.52. The summed E-state index contributed by atoms with van der Waals surface area (Å²) in [6.07, 6.45) is -1.40. The number of hydrogen-bond donors (Lipinski definition) is 3. The third kappa shape index (κ3) is 13.1. The minimum Gasteiger partial charge on any atom is -0.489 e. The summed E-state index contributed by atoms with van der Waals surface area (Å²) < 4.78 is 81.7. The molecule has 4 unspecified atom stereocenters. The normalized spacial score (nSPS) is 16.9. The van der Waals surface area contributed by atoms with Crippen LogP contribution in [0.15, 0.2) is 119 Å². The van der Waals surface area contributed by atoms with E-state index in [0.717, 1.165) is 15.4 Å². The van der Waals surface area contributed by atoms with Crippen LogP contribution >= 0.6 is 15.9 Å². The second-order valence-electron chi connectivity index (χ2n) is 12.5. The molecule has 1 heterocycles. The topological polar surface area (TPSA) is 196 Å². The third-order valence-electron chi connectivity index (χ3n) is 8.55. The number of nitrogens with one attached hydrogen (secondary N) is 2. The predicted octanol–water partition coefficient (Wildman–Crippen LogP) is 4.43. The number of carbonyl (C=O) groups is 2. The van der Waals surface area contributed by atoms with E-state index in [0.29, 0.717) is 36.6 Å². The number of methoxy groups -OCH3 is 1. The van der Waals surface area contributed by atoms with Gasteiger partial charge in [0.1, 0.15) is 36.8 Å². The summed E-state index contributed by atoms with van der Waals surface area (Å²) in [5, 5.41) is 9.51. The van der Waals surface area contributed by atoms with Crippen LogP contribution in [0.3, 0.4) is 0 Å². The Morgan fingerprint density at radius 1 is 0.842 bits per heavy atom. The molecule has 57 heavy (non-hydrogen) atoms. The standard InChI is InChI=1S/C20H24BrNO6S.C19H22N2O6S/c1-15(27-13-12-21)19(20(23)26-2)22-29(24,25)18-10-8-17(9-11-18)28-14-16-6-4-3-5-7-16;1-14-18(19(22)20-23)21(11-12-26-14)28(24,25)17-9-7-16(8-10-17)27-13-15-5-3-2-4-6-15/h3-11,15,19,22H,12-14H2,1-2H3;2-10,14,18,23H,11-13H2,1H3,(H,20,22). The first kappa shape index (κ1) is 45.3. The van der Waals surface area contributed by atoms with Gasteiger partial charge in [0, 0.05) is 11.9 Å². The minimum atomic E-state index is -3.97. The molecule has 1 aliphatic rings. The molecule has 1 aliphatic heterocycles. The number of amides is 1. The molecule has 0 saturated carbocycles. The zero-order valence-electron chi connectivity index (χ0n) is 31.5. The molecule has 4 atom stereocenters. The molecule has 0 spiro atoms. The molecule has 15 nitrogen and oxygen atoms in total. The first-order chi connectivity index (χ1) is 27.3. The van der Waals surface area contributed by atoms with Gasteiger partial charge in [-0.05, 0) is 73.5 Å². The zero-order valence-corrected chi connectivity index (χ0v) is 34.7. The van der Waals surface area contributed by atoms with Crippen molar-refractivity contribution in [2.24, 2.45) is 0 Å². The molecule has 308 valence electrons. The Balaban J connectivity index is 0.000000253. The largest absolute Gasteiger partial charge is 0.489 e. The van der Waals surface area contributed by atoms with E-state index < -0.39 is 56.2 Å². The summed E-state index contributed by atoms with van der Waals surface area (Å²) in [6, 6.07) is 28.9. The molecule has 1 amide bonds. The summed E-state index contributed by atoms with van der Waals surface area (Å²) >= 11 is 3.22. The van der Waals surface area contributed by atoms with Gasteiger partial charge in [0.25, 0.3) is 5.91 Å². The van der Waals surface area contributed by atoms with Crippen molar-refractivity contribution >= 4 is 47.9 Å². The van der Waals surface area contributed by atoms with Crippen LogP contribution in [-0.4, -0.2) is 94.7 Å². The van der Waals surface area contributed by atoms with Crippen LogP contribution in [0.5, 0.6) is 11.5 Å². The molecule has 4 aromatic rings. The first-order valence-electron chi connectivity index (χ1n) is 17.7. The van der Waals surface area contributed by atoms with E-state index in [-0.39, 0.29) is 22.9 Å². The molecular formula is C39H46BrN3O12S2. The highest BCUT2D eigenvalue weighted by atomic mass is 79.9. The Kier molecular flexibility index (Phi) is 17.4. The smallest absolute Gasteiger partial charge is 0.326 e. The molecule has 3 N–H and O–H groups in total. The van der Waals surface area contributed by atoms with Gasteiger partial charge in [0.15, 0.2) is 0 Å². The average Bonchev–Trinajstić information content (AvgIpc) is 3.23. The Labute approximate surface area is 341 Å². The summed E-state index contributed by atoms with van der Waals surface area (Å²) in [4.78, 5) is 24.0. The number of carbonyl (C=O) groups excluding carboxylic acids is 2. The van der Waals surface area contributed by atoms with Gasteiger partial charge in [0.05, 0.1) is 42.3 Å². The monoisotopic (exact) mass is 891 g/mol. The highest BCUT2D eigenvalue weighted by molar-refractivity contribution is 9.09. The number of rotatable bonds is 17. The van der Waals surface area contributed by atoms with Gasteiger partial charge in [-0.1, -0.05) is 76.6 Å². The van der Waals surface area contributed by atoms with Crippen molar-refractivity contribution in [1.29, 1.82) is 0 Å². The van der Waals surface area contributed by atoms with Gasteiger partial charge in [-0.2, -0.15) is 9.03 Å². The maximum absolute atomic E-state index is 13.0. The summed E-state index contributed by atoms with van der Waals surface area (Å²) in [7, 11) is -6.73. The molecule has 0 aliphatic carbocycles. The second kappa shape index (κ2) is 21.9. The Morgan fingerprint density at radius 2 is 1.35 bits per heavy atom. The lowest BCUT2D eigenvalue weighted by molar-refractivity contribution is -0.146. The van der Waals surface area contributed by atoms with Gasteiger partial charge >= 0.3 is 5.97 Å². The van der Waals surface area contributed by atoms with Crippen LogP contribution in [-0.2, 0) is 57.1 Å². The molecule has 0 bridgehead atoms. The molecule has 18 heteroatoms. The Bertz CT molecular complexity index is 2080. The predicted molar refractivity (Wildman–Crippen MR) is 213 cm³/mol. The van der Waals surface area contributed by atoms with E-state index in [1.807, 2.05) is 60.7 Å². The highest BCUT2D eigenvalue weighted by Gasteiger charge is 2.42. The molecule has 5 rings (SSSR count). The van der Waals surface area contributed by atoms with Crippen LogP contribution in [0, 0.1) is 0 Å². The maximum Gasteiger partial charge on any atom is 0.326 e. The molecular weight excluding hydrogens is 846 g/mol. The molecule has 1 saturated heterocycles. The van der Waals surface area contributed by atoms with E-state index >= 15 is 0 Å². The number of benzene rings is 4. The number of esters is 1. The van der Waals surface area contributed by atoms with Gasteiger partial charge < -0.3 is 23.7 Å². The van der Waals surface area contributed by atoms with Gasteiger partial charge in [-0.25, -0.2) is 22.3 Å². The van der Waals surface area contributed by atoms with E-state index in [1.165, 1.54) is 36.9 Å². The fourth-order valence-corrected chi connectivity index (χ4v) is 8.61. The summed E-state index contributed by atoms with van der Waals surface area (Å²) in [6.45, 7) is 4.43. The number of hydroxylamine groups is 1. The number of ether oxygens (including phenoxy) is 5. The van der Waals surface area contributed by atoms with E-state index in [9.17, 15) is 26.4 Å². The molecule has 0 radical (unpaired) electrons. The van der Waals surface area contributed by atoms with Crippen LogP contribution in [0.4, 0.5) is 0 Å². The third-order valence-corrected chi connectivity index (χ3v) is 12.2. The van der Waals surface area contributed by atoms with E-state index in [1.54, 1.807) is 38.1 Å². The number of hydrogen-bond acceptors (Lipinski definition) is 12. The Morgan fingerprint density at radius 3 is 1.82 bits per heavy atom. The number of halogens is 1. The number of nitrogens with zero attached hydrogens (tertiary/aromatic N) is 1. The molecule has 0 aromatic heterocycles. The lowest BCUT2D eigenvalue weighted by Gasteiger charge is -2.37. The zero-order chi connectivity index (χ0) is 41.4. The minimum absolute atomic E-state index is 0.00570. The number of alkyl halides is 1. The van der Waals surface area contributed by atoms with Gasteiger partial charge in [-0.3, -0.25) is 14.8 Å². The fourth-order valence-electron chi connectivity index (χ4n) is 5.54.